The molecule has 0 amide bonds. The van der Waals surface area contributed by atoms with E-state index in [1.165, 1.54) is 11.8 Å². The van der Waals surface area contributed by atoms with Crippen molar-refractivity contribution in [2.45, 2.75) is 13.0 Å². The van der Waals surface area contributed by atoms with E-state index in [1.54, 1.807) is 19.1 Å². The molecule has 0 radical (unpaired) electrons. The Morgan fingerprint density at radius 3 is 2.94 bits per heavy atom. The van der Waals surface area contributed by atoms with Gasteiger partial charge in [0.1, 0.15) is 5.75 Å². The molecule has 1 aromatic carbocycles. The van der Waals surface area contributed by atoms with Crippen molar-refractivity contribution in [3.05, 3.63) is 29.3 Å². The molecule has 1 aliphatic heterocycles. The number of phenols is 1. The predicted octanol–water partition coefficient (Wildman–Crippen LogP) is 1.65. The van der Waals surface area contributed by atoms with Gasteiger partial charge >= 0.3 is 5.97 Å². The normalized spacial score (nSPS) is 19.6. The second-order valence-electron chi connectivity index (χ2n) is 3.55. The number of carbonyl (C=O) groups is 1. The molecule has 0 aliphatic carbocycles. The zero-order valence-electron chi connectivity index (χ0n) is 8.67. The molecular formula is C11H11NO3S. The quantitative estimate of drug-likeness (QED) is 0.820. The Balaban J connectivity index is 2.36. The highest BCUT2D eigenvalue weighted by atomic mass is 32.2. The van der Waals surface area contributed by atoms with Crippen LogP contribution in [0.5, 0.6) is 5.75 Å². The number of carboxylic acids is 1. The van der Waals surface area contributed by atoms with Crippen molar-refractivity contribution in [2.24, 2.45) is 4.99 Å². The van der Waals surface area contributed by atoms with Gasteiger partial charge in [-0.05, 0) is 13.0 Å². The van der Waals surface area contributed by atoms with Gasteiger partial charge in [-0.25, -0.2) is 4.79 Å². The van der Waals surface area contributed by atoms with Gasteiger partial charge in [0.25, 0.3) is 0 Å². The lowest BCUT2D eigenvalue weighted by Gasteiger charge is -2.05. The summed E-state index contributed by atoms with van der Waals surface area (Å²) in [4.78, 5) is 14.9. The van der Waals surface area contributed by atoms with Crippen LogP contribution in [0.15, 0.2) is 23.2 Å². The molecule has 5 heteroatoms. The van der Waals surface area contributed by atoms with Crippen molar-refractivity contribution in [2.75, 3.05) is 5.75 Å². The fraction of sp³-hybridized carbons (Fsp3) is 0.273. The van der Waals surface area contributed by atoms with E-state index in [9.17, 15) is 9.90 Å². The summed E-state index contributed by atoms with van der Waals surface area (Å²) in [6.45, 7) is 1.79. The molecule has 84 valence electrons. The van der Waals surface area contributed by atoms with Crippen molar-refractivity contribution < 1.29 is 15.0 Å². The Hall–Kier alpha value is -1.49. The van der Waals surface area contributed by atoms with Gasteiger partial charge in [-0.1, -0.05) is 12.1 Å². The van der Waals surface area contributed by atoms with E-state index >= 15 is 0 Å². The summed E-state index contributed by atoms with van der Waals surface area (Å²) in [6.07, 6.45) is 0. The Labute approximate surface area is 97.0 Å². The first-order valence-corrected chi connectivity index (χ1v) is 5.80. The first-order valence-electron chi connectivity index (χ1n) is 4.82. The van der Waals surface area contributed by atoms with E-state index in [0.717, 1.165) is 11.1 Å². The molecule has 0 saturated heterocycles. The maximum atomic E-state index is 10.8. The molecule has 1 heterocycles. The van der Waals surface area contributed by atoms with Gasteiger partial charge in [-0.2, -0.15) is 0 Å². The largest absolute Gasteiger partial charge is 0.508 e. The van der Waals surface area contributed by atoms with Gasteiger partial charge < -0.3 is 10.2 Å². The maximum absolute atomic E-state index is 10.8. The predicted molar refractivity (Wildman–Crippen MR) is 63.3 cm³/mol. The van der Waals surface area contributed by atoms with Crippen molar-refractivity contribution in [1.82, 2.24) is 0 Å². The van der Waals surface area contributed by atoms with Crippen LogP contribution < -0.4 is 0 Å². The molecule has 0 unspecified atom stereocenters. The van der Waals surface area contributed by atoms with Gasteiger partial charge in [0, 0.05) is 16.9 Å². The maximum Gasteiger partial charge on any atom is 0.329 e. The smallest absolute Gasteiger partial charge is 0.329 e. The number of aliphatic imine (C=N–C) groups is 1. The molecule has 0 spiro atoms. The number of carboxylic acid groups (broad SMARTS) is 1. The number of aliphatic carboxylic acids is 1. The van der Waals surface area contributed by atoms with Crippen LogP contribution in [0.2, 0.25) is 0 Å². The number of phenolic OH excluding ortho intramolecular Hbond substituents is 1. The summed E-state index contributed by atoms with van der Waals surface area (Å²) in [7, 11) is 0. The lowest BCUT2D eigenvalue weighted by atomic mass is 10.1. The molecular weight excluding hydrogens is 226 g/mol. The summed E-state index contributed by atoms with van der Waals surface area (Å²) < 4.78 is 0. The SMILES string of the molecule is Cc1c(O)cccc1C1=N[C@@H](C(=O)O)CS1. The van der Waals surface area contributed by atoms with Gasteiger partial charge in [-0.3, -0.25) is 4.99 Å². The van der Waals surface area contributed by atoms with Crippen LogP contribution in [0.4, 0.5) is 0 Å². The highest BCUT2D eigenvalue weighted by Gasteiger charge is 2.26. The number of rotatable bonds is 2. The van der Waals surface area contributed by atoms with Gasteiger partial charge in [-0.15, -0.1) is 11.8 Å². The van der Waals surface area contributed by atoms with E-state index < -0.39 is 12.0 Å². The number of aromatic hydroxyl groups is 1. The molecule has 1 aliphatic rings. The van der Waals surface area contributed by atoms with Crippen molar-refractivity contribution in [1.29, 1.82) is 0 Å². The van der Waals surface area contributed by atoms with E-state index in [0.29, 0.717) is 10.8 Å². The monoisotopic (exact) mass is 237 g/mol. The fourth-order valence-electron chi connectivity index (χ4n) is 1.50. The zero-order valence-corrected chi connectivity index (χ0v) is 9.49. The molecule has 0 saturated carbocycles. The number of nitrogens with zero attached hydrogens (tertiary/aromatic N) is 1. The third kappa shape index (κ3) is 1.90. The van der Waals surface area contributed by atoms with Crippen LogP contribution in [0.3, 0.4) is 0 Å². The van der Waals surface area contributed by atoms with Crippen LogP contribution in [-0.2, 0) is 4.79 Å². The van der Waals surface area contributed by atoms with Crippen molar-refractivity contribution in [3.8, 4) is 5.75 Å². The minimum absolute atomic E-state index is 0.208. The number of thioether (sulfide) groups is 1. The molecule has 1 atom stereocenters. The number of benzene rings is 1. The van der Waals surface area contributed by atoms with E-state index in [2.05, 4.69) is 4.99 Å². The molecule has 0 fully saturated rings. The highest BCUT2D eigenvalue weighted by molar-refractivity contribution is 8.14. The average Bonchev–Trinajstić information content (AvgIpc) is 2.71. The summed E-state index contributed by atoms with van der Waals surface area (Å²) in [5.74, 6) is -0.236. The van der Waals surface area contributed by atoms with Gasteiger partial charge in [0.2, 0.25) is 0 Å². The van der Waals surface area contributed by atoms with Gasteiger partial charge in [0.05, 0.1) is 5.04 Å². The number of hydrogen-bond donors (Lipinski definition) is 2. The highest BCUT2D eigenvalue weighted by Crippen LogP contribution is 2.28. The summed E-state index contributed by atoms with van der Waals surface area (Å²) in [5.41, 5.74) is 1.55. The fourth-order valence-corrected chi connectivity index (χ4v) is 2.61. The molecule has 4 nitrogen and oxygen atoms in total. The van der Waals surface area contributed by atoms with Crippen LogP contribution >= 0.6 is 11.8 Å². The van der Waals surface area contributed by atoms with Crippen LogP contribution in [0.25, 0.3) is 0 Å². The summed E-state index contributed by atoms with van der Waals surface area (Å²) in [6, 6.07) is 4.51. The third-order valence-electron chi connectivity index (χ3n) is 2.47. The molecule has 0 aromatic heterocycles. The van der Waals surface area contributed by atoms with Crippen LogP contribution in [0, 0.1) is 6.92 Å². The Bertz CT molecular complexity index is 470. The Morgan fingerprint density at radius 2 is 2.31 bits per heavy atom. The van der Waals surface area contributed by atoms with Crippen LogP contribution in [-0.4, -0.2) is 33.0 Å². The lowest BCUT2D eigenvalue weighted by molar-refractivity contribution is -0.137. The molecule has 1 aromatic rings. The molecule has 2 N–H and O–H groups in total. The Kier molecular flexibility index (Phi) is 2.87. The molecule has 16 heavy (non-hydrogen) atoms. The van der Waals surface area contributed by atoms with Crippen LogP contribution in [0.1, 0.15) is 11.1 Å². The zero-order chi connectivity index (χ0) is 11.7. The second kappa shape index (κ2) is 4.17. The minimum atomic E-state index is -0.902. The van der Waals surface area contributed by atoms with E-state index in [4.69, 9.17) is 5.11 Å². The Morgan fingerprint density at radius 1 is 1.56 bits per heavy atom. The first-order chi connectivity index (χ1) is 7.59. The standard InChI is InChI=1S/C11H11NO3S/c1-6-7(3-2-4-9(6)13)10-12-8(5-16-10)11(14)15/h2-4,8,13H,5H2,1H3,(H,14,15)/t8-/m1/s1. The third-order valence-corrected chi connectivity index (χ3v) is 3.55. The van der Waals surface area contributed by atoms with E-state index in [1.807, 2.05) is 6.07 Å². The summed E-state index contributed by atoms with van der Waals surface area (Å²) in [5, 5.41) is 19.1. The van der Waals surface area contributed by atoms with E-state index in [-0.39, 0.29) is 5.75 Å². The second-order valence-corrected chi connectivity index (χ2v) is 4.56. The minimum Gasteiger partial charge on any atom is -0.508 e. The summed E-state index contributed by atoms with van der Waals surface area (Å²) >= 11 is 1.41. The molecule has 2 rings (SSSR count). The van der Waals surface area contributed by atoms with Crippen molar-refractivity contribution >= 4 is 22.8 Å². The molecule has 0 bridgehead atoms. The topological polar surface area (TPSA) is 69.9 Å². The van der Waals surface area contributed by atoms with Crippen molar-refractivity contribution in [3.63, 3.8) is 0 Å². The number of hydrogen-bond acceptors (Lipinski definition) is 4. The lowest BCUT2D eigenvalue weighted by Crippen LogP contribution is -2.17. The van der Waals surface area contributed by atoms with Gasteiger partial charge in [0.15, 0.2) is 6.04 Å². The average molecular weight is 237 g/mol. The first kappa shape index (κ1) is 11.0.